The number of urea groups is 1. The van der Waals surface area contributed by atoms with Crippen molar-refractivity contribution in [3.05, 3.63) is 23.2 Å². The van der Waals surface area contributed by atoms with Gasteiger partial charge in [-0.15, -0.1) is 0 Å². The molecular weight excluding hydrogens is 346 g/mol. The second-order valence-electron chi connectivity index (χ2n) is 5.51. The van der Waals surface area contributed by atoms with Crippen LogP contribution in [0.5, 0.6) is 5.75 Å². The number of alkyl halides is 2. The smallest absolute Gasteiger partial charge is 0.387 e. The van der Waals surface area contributed by atoms with Crippen molar-refractivity contribution in [3.63, 3.8) is 0 Å². The molecule has 6 nitrogen and oxygen atoms in total. The molecule has 0 bridgehead atoms. The molecule has 0 aliphatic heterocycles. The molecule has 1 aromatic rings. The van der Waals surface area contributed by atoms with E-state index in [0.717, 1.165) is 0 Å². The van der Waals surface area contributed by atoms with Crippen LogP contribution in [0.15, 0.2) is 18.2 Å². The summed E-state index contributed by atoms with van der Waals surface area (Å²) in [5.74, 6) is -1.34. The van der Waals surface area contributed by atoms with Gasteiger partial charge in [0.15, 0.2) is 0 Å². The van der Waals surface area contributed by atoms with Gasteiger partial charge in [0.1, 0.15) is 5.75 Å². The minimum absolute atomic E-state index is 0.0462. The van der Waals surface area contributed by atoms with E-state index in [1.165, 1.54) is 18.2 Å². The van der Waals surface area contributed by atoms with Gasteiger partial charge in [-0.2, -0.15) is 8.78 Å². The van der Waals surface area contributed by atoms with Crippen molar-refractivity contribution in [3.8, 4) is 5.75 Å². The summed E-state index contributed by atoms with van der Waals surface area (Å²) in [4.78, 5) is 22.8. The summed E-state index contributed by atoms with van der Waals surface area (Å²) in [7, 11) is 0. The molecule has 1 saturated carbocycles. The first kappa shape index (κ1) is 18.3. The van der Waals surface area contributed by atoms with Crippen molar-refractivity contribution in [1.82, 2.24) is 5.32 Å². The van der Waals surface area contributed by atoms with Crippen molar-refractivity contribution in [1.29, 1.82) is 0 Å². The molecule has 0 aromatic heterocycles. The maximum atomic E-state index is 12.2. The Kier molecular flexibility index (Phi) is 6.19. The van der Waals surface area contributed by atoms with Gasteiger partial charge in [-0.3, -0.25) is 4.79 Å². The summed E-state index contributed by atoms with van der Waals surface area (Å²) in [5, 5.41) is 14.2. The summed E-state index contributed by atoms with van der Waals surface area (Å²) in [5.41, 5.74) is 0.332. The molecule has 0 radical (unpaired) electrons. The lowest BCUT2D eigenvalue weighted by molar-refractivity contribution is -0.142. The Morgan fingerprint density at radius 1 is 1.25 bits per heavy atom. The number of amides is 2. The van der Waals surface area contributed by atoms with Crippen molar-refractivity contribution in [2.24, 2.45) is 5.92 Å². The van der Waals surface area contributed by atoms with Gasteiger partial charge in [0.05, 0.1) is 10.9 Å². The predicted octanol–water partition coefficient (Wildman–Crippen LogP) is 3.71. The number of nitrogens with one attached hydrogen (secondary N) is 2. The third-order valence-corrected chi connectivity index (χ3v) is 4.11. The SMILES string of the molecule is O=C(Nc1ccc(OC(F)F)c(Cl)c1)NC1CCC(C(=O)O)CC1. The van der Waals surface area contributed by atoms with Crippen LogP contribution in [-0.4, -0.2) is 29.8 Å². The molecule has 2 rings (SSSR count). The van der Waals surface area contributed by atoms with Gasteiger partial charge in [-0.05, 0) is 43.9 Å². The highest BCUT2D eigenvalue weighted by Crippen LogP contribution is 2.29. The lowest BCUT2D eigenvalue weighted by Crippen LogP contribution is -2.40. The Hall–Kier alpha value is -2.09. The number of anilines is 1. The summed E-state index contributed by atoms with van der Waals surface area (Å²) in [6, 6.07) is 3.37. The third-order valence-electron chi connectivity index (χ3n) is 3.82. The highest BCUT2D eigenvalue weighted by atomic mass is 35.5. The van der Waals surface area contributed by atoms with Crippen LogP contribution in [0.1, 0.15) is 25.7 Å². The largest absolute Gasteiger partial charge is 0.481 e. The number of carboxylic acid groups (broad SMARTS) is 1. The quantitative estimate of drug-likeness (QED) is 0.745. The van der Waals surface area contributed by atoms with Gasteiger partial charge in [-0.25, -0.2) is 4.79 Å². The number of rotatable bonds is 5. The number of carbonyl (C=O) groups excluding carboxylic acids is 1. The summed E-state index contributed by atoms with van der Waals surface area (Å²) in [6.45, 7) is -2.98. The van der Waals surface area contributed by atoms with Gasteiger partial charge in [0, 0.05) is 11.7 Å². The number of hydrogen-bond acceptors (Lipinski definition) is 3. The minimum Gasteiger partial charge on any atom is -0.481 e. The second kappa shape index (κ2) is 8.14. The average molecular weight is 363 g/mol. The molecular formula is C15H17ClF2N2O4. The van der Waals surface area contributed by atoms with E-state index in [0.29, 0.717) is 31.4 Å². The molecule has 2 amide bonds. The average Bonchev–Trinajstić information content (AvgIpc) is 2.50. The number of hydrogen-bond donors (Lipinski definition) is 3. The summed E-state index contributed by atoms with van der Waals surface area (Å²) >= 11 is 5.81. The van der Waals surface area contributed by atoms with Gasteiger partial charge >= 0.3 is 18.6 Å². The number of halogens is 3. The molecule has 0 heterocycles. The van der Waals surface area contributed by atoms with Crippen molar-refractivity contribution >= 4 is 29.3 Å². The molecule has 3 N–H and O–H groups in total. The Morgan fingerprint density at radius 3 is 2.46 bits per heavy atom. The third kappa shape index (κ3) is 5.23. The van der Waals surface area contributed by atoms with Crippen LogP contribution in [0.25, 0.3) is 0 Å². The number of benzene rings is 1. The second-order valence-corrected chi connectivity index (χ2v) is 5.92. The topological polar surface area (TPSA) is 87.7 Å². The maximum absolute atomic E-state index is 12.2. The lowest BCUT2D eigenvalue weighted by atomic mass is 9.86. The van der Waals surface area contributed by atoms with E-state index < -0.39 is 18.6 Å². The highest BCUT2D eigenvalue weighted by molar-refractivity contribution is 6.32. The van der Waals surface area contributed by atoms with E-state index in [9.17, 15) is 18.4 Å². The number of carbonyl (C=O) groups is 2. The number of ether oxygens (including phenoxy) is 1. The number of aliphatic carboxylic acids is 1. The predicted molar refractivity (Wildman–Crippen MR) is 83.6 cm³/mol. The molecule has 0 atom stereocenters. The zero-order chi connectivity index (χ0) is 17.7. The van der Waals surface area contributed by atoms with Gasteiger partial charge in [-0.1, -0.05) is 11.6 Å². The fraction of sp³-hybridized carbons (Fsp3) is 0.467. The fourth-order valence-electron chi connectivity index (χ4n) is 2.61. The van der Waals surface area contributed by atoms with Gasteiger partial charge < -0.3 is 20.5 Å². The van der Waals surface area contributed by atoms with Gasteiger partial charge in [0.25, 0.3) is 0 Å². The van der Waals surface area contributed by atoms with Crippen molar-refractivity contribution in [2.75, 3.05) is 5.32 Å². The highest BCUT2D eigenvalue weighted by Gasteiger charge is 2.26. The Labute approximate surface area is 142 Å². The minimum atomic E-state index is -2.98. The zero-order valence-electron chi connectivity index (χ0n) is 12.6. The first-order valence-corrected chi connectivity index (χ1v) is 7.77. The molecule has 0 spiro atoms. The first-order chi connectivity index (χ1) is 11.3. The van der Waals surface area contributed by atoms with E-state index in [1.807, 2.05) is 0 Å². The molecule has 0 saturated heterocycles. The summed E-state index contributed by atoms with van der Waals surface area (Å²) < 4.78 is 28.5. The molecule has 24 heavy (non-hydrogen) atoms. The summed E-state index contributed by atoms with van der Waals surface area (Å²) in [6.07, 6.45) is 2.22. The van der Waals surface area contributed by atoms with E-state index in [4.69, 9.17) is 16.7 Å². The monoisotopic (exact) mass is 362 g/mol. The lowest BCUT2D eigenvalue weighted by Gasteiger charge is -2.26. The van der Waals surface area contributed by atoms with Crippen molar-refractivity contribution in [2.45, 2.75) is 38.3 Å². The van der Waals surface area contributed by atoms with Crippen LogP contribution in [0.2, 0.25) is 5.02 Å². The Balaban J connectivity index is 1.84. The van der Waals surface area contributed by atoms with Gasteiger partial charge in [0.2, 0.25) is 0 Å². The van der Waals surface area contributed by atoms with E-state index in [-0.39, 0.29) is 22.7 Å². The molecule has 1 aromatic carbocycles. The van der Waals surface area contributed by atoms with E-state index >= 15 is 0 Å². The van der Waals surface area contributed by atoms with Crippen LogP contribution in [-0.2, 0) is 4.79 Å². The van der Waals surface area contributed by atoms with Crippen LogP contribution in [0.4, 0.5) is 19.3 Å². The fourth-order valence-corrected chi connectivity index (χ4v) is 2.83. The maximum Gasteiger partial charge on any atom is 0.387 e. The van der Waals surface area contributed by atoms with E-state index in [1.54, 1.807) is 0 Å². The van der Waals surface area contributed by atoms with Crippen LogP contribution in [0, 0.1) is 5.92 Å². The Morgan fingerprint density at radius 2 is 1.92 bits per heavy atom. The first-order valence-electron chi connectivity index (χ1n) is 7.40. The molecule has 1 aliphatic rings. The normalized spacial score (nSPS) is 20.5. The van der Waals surface area contributed by atoms with E-state index in [2.05, 4.69) is 15.4 Å². The van der Waals surface area contributed by atoms with Crippen LogP contribution >= 0.6 is 11.6 Å². The molecule has 1 fully saturated rings. The molecule has 1 aliphatic carbocycles. The van der Waals surface area contributed by atoms with Crippen molar-refractivity contribution < 1.29 is 28.2 Å². The molecule has 132 valence electrons. The standard InChI is InChI=1S/C15H17ClF2N2O4/c16-11-7-10(5-6-12(11)24-14(17)18)20-15(23)19-9-3-1-8(2-4-9)13(21)22/h5-9,14H,1-4H2,(H,21,22)(H2,19,20,23). The molecule has 0 unspecified atom stereocenters. The molecule has 9 heteroatoms. The van der Waals surface area contributed by atoms with Crippen LogP contribution in [0.3, 0.4) is 0 Å². The zero-order valence-corrected chi connectivity index (χ0v) is 13.4. The number of carboxylic acids is 1. The Bertz CT molecular complexity index is 607. The van der Waals surface area contributed by atoms with Crippen LogP contribution < -0.4 is 15.4 Å².